The lowest BCUT2D eigenvalue weighted by Gasteiger charge is -2.33. The summed E-state index contributed by atoms with van der Waals surface area (Å²) in [6.45, 7) is 9.47. The first-order valence-electron chi connectivity index (χ1n) is 15.0. The minimum atomic E-state index is -0.149. The minimum absolute atomic E-state index is 0.149. The number of nitrogens with zero attached hydrogens (tertiary/aromatic N) is 5. The zero-order chi connectivity index (χ0) is 26.3. The Kier molecular flexibility index (Phi) is 7.22. The largest absolute Gasteiger partial charge is 0.314 e. The van der Waals surface area contributed by atoms with Gasteiger partial charge in [0.25, 0.3) is 5.56 Å². The lowest BCUT2D eigenvalue weighted by Crippen LogP contribution is -2.44. The molecule has 7 nitrogen and oxygen atoms in total. The van der Waals surface area contributed by atoms with E-state index in [1.54, 1.807) is 0 Å². The molecule has 2 saturated heterocycles. The lowest BCUT2D eigenvalue weighted by atomic mass is 9.89. The Bertz CT molecular complexity index is 1540. The molecule has 0 spiro atoms. The van der Waals surface area contributed by atoms with Gasteiger partial charge in [-0.25, -0.2) is 0 Å². The van der Waals surface area contributed by atoms with E-state index in [1.807, 2.05) is 12.1 Å². The van der Waals surface area contributed by atoms with Gasteiger partial charge < -0.3 is 19.7 Å². The Morgan fingerprint density at radius 3 is 2.38 bits per heavy atom. The van der Waals surface area contributed by atoms with E-state index in [0.717, 1.165) is 47.2 Å². The van der Waals surface area contributed by atoms with Crippen molar-refractivity contribution < 1.29 is 0 Å². The van der Waals surface area contributed by atoms with Crippen LogP contribution >= 0.6 is 15.9 Å². The summed E-state index contributed by atoms with van der Waals surface area (Å²) in [5.74, 6) is 1.39. The first-order valence-corrected chi connectivity index (χ1v) is 15.8. The van der Waals surface area contributed by atoms with Gasteiger partial charge >= 0.3 is 0 Å². The zero-order valence-corrected chi connectivity index (χ0v) is 24.3. The maximum Gasteiger partial charge on any atom is 0.283 e. The molecule has 2 aliphatic heterocycles. The molecule has 0 bridgehead atoms. The molecular formula is C31H39BrN6O. The molecule has 2 aromatic heterocycles. The molecular weight excluding hydrogens is 552 g/mol. The first kappa shape index (κ1) is 25.7. The Morgan fingerprint density at radius 2 is 1.62 bits per heavy atom. The monoisotopic (exact) mass is 590 g/mol. The number of halogens is 1. The van der Waals surface area contributed by atoms with E-state index in [0.29, 0.717) is 17.3 Å². The van der Waals surface area contributed by atoms with E-state index in [4.69, 9.17) is 0 Å². The van der Waals surface area contributed by atoms with Crippen molar-refractivity contribution in [2.24, 2.45) is 0 Å². The average molecular weight is 592 g/mol. The number of nitrogens with one attached hydrogen (secondary N) is 1. The Balaban J connectivity index is 1.17. The first-order chi connectivity index (χ1) is 19.2. The number of benzene rings is 2. The SMILES string of the molecule is O=c1nc2n(C3CCCC3)c3cc(C4CCN(CCCN5CCNCC5)CC4)ccc3n2c2cccc(Br)c12. The van der Waals surface area contributed by atoms with Crippen LogP contribution in [0.3, 0.4) is 0 Å². The molecule has 39 heavy (non-hydrogen) atoms. The van der Waals surface area contributed by atoms with Crippen LogP contribution in [0.25, 0.3) is 27.7 Å². The van der Waals surface area contributed by atoms with Crippen LogP contribution in [-0.2, 0) is 0 Å². The van der Waals surface area contributed by atoms with Gasteiger partial charge in [-0.1, -0.05) is 25.0 Å². The van der Waals surface area contributed by atoms with Gasteiger partial charge in [-0.05, 0) is 110 Å². The van der Waals surface area contributed by atoms with Crippen molar-refractivity contribution in [1.29, 1.82) is 0 Å². The highest BCUT2D eigenvalue weighted by molar-refractivity contribution is 9.10. The molecule has 0 unspecified atom stereocenters. The molecule has 1 N–H and O–H groups in total. The highest BCUT2D eigenvalue weighted by Gasteiger charge is 2.26. The highest BCUT2D eigenvalue weighted by atomic mass is 79.9. The molecule has 0 atom stereocenters. The van der Waals surface area contributed by atoms with Gasteiger partial charge in [-0.3, -0.25) is 9.20 Å². The standard InChI is InChI=1S/C31H39BrN6O/c32-25-7-3-8-27-29(25)30(39)34-31-37(24-5-1-2-6-24)28-21-23(9-10-26(28)38(27)31)22-11-17-35(18-12-22)15-4-16-36-19-13-33-14-20-36/h3,7-10,21-22,24,33H,1-2,4-6,11-20H2. The second-order valence-corrected chi connectivity index (χ2v) is 12.7. The molecule has 206 valence electrons. The van der Waals surface area contributed by atoms with Gasteiger partial charge in [0.05, 0.1) is 21.9 Å². The van der Waals surface area contributed by atoms with Gasteiger partial charge in [0.1, 0.15) is 0 Å². The molecule has 4 aromatic rings. The normalized spacial score (nSPS) is 20.6. The fourth-order valence-corrected chi connectivity index (χ4v) is 7.89. The van der Waals surface area contributed by atoms with Crippen molar-refractivity contribution in [3.8, 4) is 0 Å². The molecule has 1 saturated carbocycles. The third kappa shape index (κ3) is 4.83. The summed E-state index contributed by atoms with van der Waals surface area (Å²) in [5, 5.41) is 4.11. The predicted molar refractivity (Wildman–Crippen MR) is 162 cm³/mol. The molecule has 0 radical (unpaired) electrons. The van der Waals surface area contributed by atoms with Crippen LogP contribution in [0.5, 0.6) is 0 Å². The van der Waals surface area contributed by atoms with E-state index in [9.17, 15) is 4.79 Å². The second kappa shape index (κ2) is 11.0. The number of imidazole rings is 1. The maximum absolute atomic E-state index is 13.2. The third-order valence-corrected chi connectivity index (χ3v) is 10.1. The van der Waals surface area contributed by atoms with Gasteiger partial charge in [-0.15, -0.1) is 0 Å². The van der Waals surface area contributed by atoms with Gasteiger partial charge in [0, 0.05) is 36.7 Å². The number of fused-ring (bicyclic) bond motifs is 5. The van der Waals surface area contributed by atoms with Crippen molar-refractivity contribution in [3.05, 3.63) is 56.8 Å². The van der Waals surface area contributed by atoms with Crippen molar-refractivity contribution in [2.75, 3.05) is 52.4 Å². The van der Waals surface area contributed by atoms with Crippen LogP contribution in [0.1, 0.15) is 62.5 Å². The molecule has 8 heteroatoms. The highest BCUT2D eigenvalue weighted by Crippen LogP contribution is 2.38. The number of rotatable bonds is 6. The van der Waals surface area contributed by atoms with E-state index in [2.05, 4.69) is 69.3 Å². The summed E-state index contributed by atoms with van der Waals surface area (Å²) in [6, 6.07) is 13.5. The fraction of sp³-hybridized carbons (Fsp3) is 0.548. The zero-order valence-electron chi connectivity index (χ0n) is 22.7. The van der Waals surface area contributed by atoms with Crippen LogP contribution in [0.4, 0.5) is 0 Å². The minimum Gasteiger partial charge on any atom is -0.314 e. The van der Waals surface area contributed by atoms with Crippen LogP contribution in [-0.4, -0.2) is 76.1 Å². The number of hydrogen-bond donors (Lipinski definition) is 1. The molecule has 4 heterocycles. The molecule has 7 rings (SSSR count). The number of likely N-dealkylation sites (tertiary alicyclic amines) is 1. The summed E-state index contributed by atoms with van der Waals surface area (Å²) in [7, 11) is 0. The van der Waals surface area contributed by atoms with Crippen molar-refractivity contribution in [3.63, 3.8) is 0 Å². The fourth-order valence-electron chi connectivity index (χ4n) is 7.36. The van der Waals surface area contributed by atoms with Crippen LogP contribution in [0.15, 0.2) is 45.7 Å². The molecule has 0 amide bonds. The van der Waals surface area contributed by atoms with E-state index in [-0.39, 0.29) is 5.56 Å². The third-order valence-electron chi connectivity index (χ3n) is 9.47. The molecule has 2 aromatic carbocycles. The summed E-state index contributed by atoms with van der Waals surface area (Å²) in [4.78, 5) is 23.2. The van der Waals surface area contributed by atoms with Crippen molar-refractivity contribution in [2.45, 2.75) is 56.9 Å². The lowest BCUT2D eigenvalue weighted by molar-refractivity contribution is 0.184. The number of hydrogen-bond acceptors (Lipinski definition) is 5. The predicted octanol–water partition coefficient (Wildman–Crippen LogP) is 5.15. The number of piperidine rings is 1. The van der Waals surface area contributed by atoms with Crippen LogP contribution in [0, 0.1) is 0 Å². The number of aromatic nitrogens is 3. The van der Waals surface area contributed by atoms with Gasteiger partial charge in [0.2, 0.25) is 5.78 Å². The second-order valence-electron chi connectivity index (χ2n) is 11.8. The van der Waals surface area contributed by atoms with E-state index < -0.39 is 0 Å². The molecule has 3 aliphatic rings. The van der Waals surface area contributed by atoms with E-state index in [1.165, 1.54) is 82.5 Å². The van der Waals surface area contributed by atoms with E-state index >= 15 is 0 Å². The number of piperazine rings is 1. The molecule has 3 fully saturated rings. The summed E-state index contributed by atoms with van der Waals surface area (Å²) in [6.07, 6.45) is 8.50. The Labute approximate surface area is 238 Å². The topological polar surface area (TPSA) is 57.8 Å². The smallest absolute Gasteiger partial charge is 0.283 e. The quantitative estimate of drug-likeness (QED) is 0.336. The van der Waals surface area contributed by atoms with Crippen LogP contribution < -0.4 is 10.9 Å². The molecule has 1 aliphatic carbocycles. The Morgan fingerprint density at radius 1 is 0.872 bits per heavy atom. The maximum atomic E-state index is 13.2. The summed E-state index contributed by atoms with van der Waals surface area (Å²) >= 11 is 3.61. The average Bonchev–Trinajstić information content (AvgIpc) is 3.59. The van der Waals surface area contributed by atoms with Gasteiger partial charge in [-0.2, -0.15) is 4.98 Å². The van der Waals surface area contributed by atoms with Crippen molar-refractivity contribution in [1.82, 2.24) is 29.1 Å². The summed E-state index contributed by atoms with van der Waals surface area (Å²) in [5.41, 5.74) is 4.62. The van der Waals surface area contributed by atoms with Crippen LogP contribution in [0.2, 0.25) is 0 Å². The summed E-state index contributed by atoms with van der Waals surface area (Å²) < 4.78 is 5.43. The Hall–Kier alpha value is -2.26. The van der Waals surface area contributed by atoms with Gasteiger partial charge in [0.15, 0.2) is 0 Å². The van der Waals surface area contributed by atoms with Crippen molar-refractivity contribution >= 4 is 43.6 Å².